The fourth-order valence-corrected chi connectivity index (χ4v) is 3.83. The van der Waals surface area contributed by atoms with E-state index in [2.05, 4.69) is 12.1 Å². The van der Waals surface area contributed by atoms with E-state index in [1.807, 2.05) is 47.4 Å². The molecule has 1 saturated heterocycles. The number of rotatable bonds is 5. The molecule has 27 heavy (non-hydrogen) atoms. The fourth-order valence-electron chi connectivity index (χ4n) is 3.83. The van der Waals surface area contributed by atoms with E-state index < -0.39 is 0 Å². The highest BCUT2D eigenvalue weighted by Gasteiger charge is 2.29. The maximum atomic E-state index is 12.7. The van der Waals surface area contributed by atoms with Crippen LogP contribution in [0.2, 0.25) is 0 Å². The average Bonchev–Trinajstić information content (AvgIpc) is 3.03. The van der Waals surface area contributed by atoms with Crippen LogP contribution in [-0.4, -0.2) is 54.0 Å². The van der Waals surface area contributed by atoms with E-state index in [-0.39, 0.29) is 17.9 Å². The summed E-state index contributed by atoms with van der Waals surface area (Å²) in [5.41, 5.74) is 3.03. The molecule has 0 spiro atoms. The van der Waals surface area contributed by atoms with Crippen molar-refractivity contribution in [3.8, 4) is 0 Å². The Labute approximate surface area is 159 Å². The summed E-state index contributed by atoms with van der Waals surface area (Å²) < 4.78 is 5.84. The monoisotopic (exact) mass is 364 g/mol. The summed E-state index contributed by atoms with van der Waals surface area (Å²) in [5.74, 6) is 0.127. The summed E-state index contributed by atoms with van der Waals surface area (Å²) in [6.45, 7) is 2.87. The van der Waals surface area contributed by atoms with E-state index in [4.69, 9.17) is 4.74 Å². The normalized spacial score (nSPS) is 19.3. The first-order chi connectivity index (χ1) is 13.2. The molecule has 0 N–H and O–H groups in total. The van der Waals surface area contributed by atoms with Gasteiger partial charge in [-0.15, -0.1) is 0 Å². The minimum Gasteiger partial charge on any atom is -0.374 e. The first kappa shape index (κ1) is 17.7. The van der Waals surface area contributed by atoms with Gasteiger partial charge in [0.15, 0.2) is 0 Å². The summed E-state index contributed by atoms with van der Waals surface area (Å²) in [6, 6.07) is 17.9. The molecule has 5 nitrogen and oxygen atoms in total. The third-order valence-corrected chi connectivity index (χ3v) is 5.29. The lowest BCUT2D eigenvalue weighted by Crippen LogP contribution is -2.47. The molecule has 0 unspecified atom stereocenters. The molecule has 1 fully saturated rings. The average molecular weight is 364 g/mol. The van der Waals surface area contributed by atoms with Gasteiger partial charge in [-0.05, 0) is 17.2 Å². The number of morpholine rings is 1. The second-order valence-corrected chi connectivity index (χ2v) is 7.16. The van der Waals surface area contributed by atoms with Crippen LogP contribution in [0.25, 0.3) is 0 Å². The van der Waals surface area contributed by atoms with Crippen molar-refractivity contribution in [3.05, 3.63) is 71.3 Å². The molecule has 4 rings (SSSR count). The Bertz CT molecular complexity index is 821. The van der Waals surface area contributed by atoms with Crippen LogP contribution in [0.5, 0.6) is 0 Å². The molecule has 0 radical (unpaired) electrons. The number of nitrogens with zero attached hydrogens (tertiary/aromatic N) is 2. The van der Waals surface area contributed by atoms with Crippen molar-refractivity contribution >= 4 is 11.8 Å². The molecule has 140 valence electrons. The first-order valence-corrected chi connectivity index (χ1v) is 9.51. The minimum atomic E-state index is 0.0299. The number of benzene rings is 2. The Morgan fingerprint density at radius 3 is 2.67 bits per heavy atom. The lowest BCUT2D eigenvalue weighted by Gasteiger charge is -2.33. The number of amides is 2. The zero-order chi connectivity index (χ0) is 18.6. The third-order valence-electron chi connectivity index (χ3n) is 5.29. The summed E-state index contributed by atoms with van der Waals surface area (Å²) in [7, 11) is 0. The van der Waals surface area contributed by atoms with Crippen molar-refractivity contribution < 1.29 is 14.3 Å². The van der Waals surface area contributed by atoms with Crippen LogP contribution in [0.15, 0.2) is 54.6 Å². The predicted molar refractivity (Wildman–Crippen MR) is 102 cm³/mol. The molecule has 0 aliphatic carbocycles. The largest absolute Gasteiger partial charge is 0.374 e. The van der Waals surface area contributed by atoms with Gasteiger partial charge in [0.2, 0.25) is 5.91 Å². The SMILES string of the molecule is O=C(CCN1Cc2ccccc2C1=O)N1CCO[C@H](Cc2ccccc2)C1. The van der Waals surface area contributed by atoms with Crippen molar-refractivity contribution in [2.45, 2.75) is 25.5 Å². The van der Waals surface area contributed by atoms with Crippen LogP contribution in [0.1, 0.15) is 27.9 Å². The van der Waals surface area contributed by atoms with E-state index in [0.29, 0.717) is 39.2 Å². The summed E-state index contributed by atoms with van der Waals surface area (Å²) in [4.78, 5) is 28.7. The number of hydrogen-bond acceptors (Lipinski definition) is 3. The zero-order valence-electron chi connectivity index (χ0n) is 15.3. The standard InChI is InChI=1S/C22H24N2O3/c25-21(10-11-24-15-18-8-4-5-9-20(18)22(24)26)23-12-13-27-19(16-23)14-17-6-2-1-3-7-17/h1-9,19H,10-16H2/t19-/m1/s1. The van der Waals surface area contributed by atoms with Crippen LogP contribution < -0.4 is 0 Å². The Morgan fingerprint density at radius 2 is 1.85 bits per heavy atom. The van der Waals surface area contributed by atoms with Gasteiger partial charge in [0, 0.05) is 44.6 Å². The van der Waals surface area contributed by atoms with Crippen molar-refractivity contribution in [3.63, 3.8) is 0 Å². The molecule has 2 amide bonds. The fraction of sp³-hybridized carbons (Fsp3) is 0.364. The van der Waals surface area contributed by atoms with Gasteiger partial charge < -0.3 is 14.5 Å². The Morgan fingerprint density at radius 1 is 1.07 bits per heavy atom. The number of ether oxygens (including phenoxy) is 1. The quantitative estimate of drug-likeness (QED) is 0.819. The van der Waals surface area contributed by atoms with Crippen molar-refractivity contribution in [1.29, 1.82) is 0 Å². The van der Waals surface area contributed by atoms with Gasteiger partial charge in [0.1, 0.15) is 0 Å². The maximum absolute atomic E-state index is 12.7. The second-order valence-electron chi connectivity index (χ2n) is 7.16. The van der Waals surface area contributed by atoms with Crippen LogP contribution in [0, 0.1) is 0 Å². The topological polar surface area (TPSA) is 49.9 Å². The highest BCUT2D eigenvalue weighted by molar-refractivity contribution is 5.98. The van der Waals surface area contributed by atoms with Crippen molar-refractivity contribution in [1.82, 2.24) is 9.80 Å². The molecule has 0 saturated carbocycles. The summed E-state index contributed by atoms with van der Waals surface area (Å²) >= 11 is 0. The molecule has 2 aliphatic rings. The van der Waals surface area contributed by atoms with Crippen LogP contribution in [0.4, 0.5) is 0 Å². The highest BCUT2D eigenvalue weighted by Crippen LogP contribution is 2.22. The van der Waals surface area contributed by atoms with E-state index in [0.717, 1.165) is 17.5 Å². The van der Waals surface area contributed by atoms with Crippen molar-refractivity contribution in [2.24, 2.45) is 0 Å². The molecule has 2 aliphatic heterocycles. The van der Waals surface area contributed by atoms with E-state index >= 15 is 0 Å². The smallest absolute Gasteiger partial charge is 0.254 e. The number of hydrogen-bond donors (Lipinski definition) is 0. The molecule has 2 heterocycles. The van der Waals surface area contributed by atoms with E-state index in [9.17, 15) is 9.59 Å². The maximum Gasteiger partial charge on any atom is 0.254 e. The predicted octanol–water partition coefficient (Wildman–Crippen LogP) is 2.50. The van der Waals surface area contributed by atoms with Gasteiger partial charge >= 0.3 is 0 Å². The Balaban J connectivity index is 1.29. The van der Waals surface area contributed by atoms with E-state index in [1.54, 1.807) is 4.90 Å². The second kappa shape index (κ2) is 7.92. The summed E-state index contributed by atoms with van der Waals surface area (Å²) in [6.07, 6.45) is 1.20. The van der Waals surface area contributed by atoms with Gasteiger partial charge in [-0.25, -0.2) is 0 Å². The molecular formula is C22H24N2O3. The molecule has 1 atom stereocenters. The lowest BCUT2D eigenvalue weighted by atomic mass is 10.1. The lowest BCUT2D eigenvalue weighted by molar-refractivity contribution is -0.138. The molecule has 0 bridgehead atoms. The van der Waals surface area contributed by atoms with Crippen molar-refractivity contribution in [2.75, 3.05) is 26.2 Å². The molecular weight excluding hydrogens is 340 g/mol. The summed E-state index contributed by atoms with van der Waals surface area (Å²) in [5, 5.41) is 0. The minimum absolute atomic E-state index is 0.0299. The Kier molecular flexibility index (Phi) is 5.21. The van der Waals surface area contributed by atoms with Crippen LogP contribution >= 0.6 is 0 Å². The highest BCUT2D eigenvalue weighted by atomic mass is 16.5. The van der Waals surface area contributed by atoms with Gasteiger partial charge in [0.05, 0.1) is 12.7 Å². The molecule has 0 aromatic heterocycles. The molecule has 2 aromatic carbocycles. The van der Waals surface area contributed by atoms with Gasteiger partial charge in [0.25, 0.3) is 5.91 Å². The number of fused-ring (bicyclic) bond motifs is 1. The molecule has 2 aromatic rings. The molecule has 5 heteroatoms. The van der Waals surface area contributed by atoms with Gasteiger partial charge in [-0.2, -0.15) is 0 Å². The first-order valence-electron chi connectivity index (χ1n) is 9.51. The van der Waals surface area contributed by atoms with Crippen LogP contribution in [-0.2, 0) is 22.5 Å². The van der Waals surface area contributed by atoms with E-state index in [1.165, 1.54) is 5.56 Å². The van der Waals surface area contributed by atoms with Gasteiger partial charge in [-0.1, -0.05) is 48.5 Å². The number of carbonyl (C=O) groups is 2. The number of carbonyl (C=O) groups excluding carboxylic acids is 2. The zero-order valence-corrected chi connectivity index (χ0v) is 15.3. The Hall–Kier alpha value is -2.66. The third kappa shape index (κ3) is 4.03. The van der Waals surface area contributed by atoms with Gasteiger partial charge in [-0.3, -0.25) is 9.59 Å². The van der Waals surface area contributed by atoms with Crippen LogP contribution in [0.3, 0.4) is 0 Å².